The number of carbonyl (C=O) groups excluding carboxylic acids is 2. The van der Waals surface area contributed by atoms with E-state index in [9.17, 15) is 18.0 Å². The third-order valence-electron chi connectivity index (χ3n) is 7.90. The summed E-state index contributed by atoms with van der Waals surface area (Å²) in [5.74, 6) is -1.68. The molecule has 7 nitrogen and oxygen atoms in total. The Morgan fingerprint density at radius 2 is 1.30 bits per heavy atom. The van der Waals surface area contributed by atoms with Gasteiger partial charge in [0, 0.05) is 22.4 Å². The Labute approximate surface area is 248 Å². The Hall–Kier alpha value is -5.05. The number of amides is 2. The van der Waals surface area contributed by atoms with Crippen LogP contribution in [0.15, 0.2) is 114 Å². The summed E-state index contributed by atoms with van der Waals surface area (Å²) in [6.07, 6.45) is 2.85. The van der Waals surface area contributed by atoms with Crippen LogP contribution in [0.3, 0.4) is 0 Å². The molecule has 6 aromatic rings. The van der Waals surface area contributed by atoms with Crippen molar-refractivity contribution in [2.45, 2.75) is 25.2 Å². The number of hydrogen-bond donors (Lipinski definition) is 0. The van der Waals surface area contributed by atoms with Crippen LogP contribution in [0.4, 0.5) is 0 Å². The van der Waals surface area contributed by atoms with E-state index < -0.39 is 21.9 Å². The summed E-state index contributed by atoms with van der Waals surface area (Å²) in [5.41, 5.74) is 6.57. The maximum atomic E-state index is 13.6. The number of aryl methyl sites for hydroxylation is 2. The lowest BCUT2D eigenvalue weighted by Gasteiger charge is -2.26. The average molecular weight is 587 g/mol. The molecule has 0 radical (unpaired) electrons. The lowest BCUT2D eigenvalue weighted by atomic mass is 9.94. The zero-order valence-electron chi connectivity index (χ0n) is 23.4. The van der Waals surface area contributed by atoms with Gasteiger partial charge in [-0.2, -0.15) is 8.42 Å². The fourth-order valence-corrected chi connectivity index (χ4v) is 6.59. The largest absolute Gasteiger partial charge is 0.318 e. The second-order valence-corrected chi connectivity index (χ2v) is 12.3. The molecule has 43 heavy (non-hydrogen) atoms. The van der Waals surface area contributed by atoms with Crippen molar-refractivity contribution in [2.75, 3.05) is 0 Å². The second kappa shape index (κ2) is 10.0. The molecule has 5 aromatic carbocycles. The first-order valence-corrected chi connectivity index (χ1v) is 15.2. The van der Waals surface area contributed by atoms with Crippen LogP contribution in [-0.2, 0) is 20.8 Å². The number of benzene rings is 5. The van der Waals surface area contributed by atoms with Crippen molar-refractivity contribution in [1.82, 2.24) is 9.63 Å². The van der Waals surface area contributed by atoms with Gasteiger partial charge in [-0.25, -0.2) is 0 Å². The van der Waals surface area contributed by atoms with Crippen LogP contribution in [0.5, 0.6) is 0 Å². The predicted molar refractivity (Wildman–Crippen MR) is 165 cm³/mol. The van der Waals surface area contributed by atoms with Gasteiger partial charge in [0.1, 0.15) is 0 Å². The highest BCUT2D eigenvalue weighted by Gasteiger charge is 2.38. The first kappa shape index (κ1) is 26.8. The predicted octanol–water partition coefficient (Wildman–Crippen LogP) is 6.91. The Kier molecular flexibility index (Phi) is 6.27. The Balaban J connectivity index is 1.32. The van der Waals surface area contributed by atoms with E-state index in [4.69, 9.17) is 4.28 Å². The quantitative estimate of drug-likeness (QED) is 0.198. The van der Waals surface area contributed by atoms with Gasteiger partial charge in [0.15, 0.2) is 0 Å². The van der Waals surface area contributed by atoms with Crippen LogP contribution in [0.1, 0.15) is 43.0 Å². The number of hydroxylamine groups is 2. The fraction of sp³-hybridized carbons (Fsp3) is 0.0857. The number of nitrogens with zero attached hydrogens (tertiary/aromatic N) is 2. The van der Waals surface area contributed by atoms with Crippen LogP contribution in [0.2, 0.25) is 0 Å². The molecule has 0 unspecified atom stereocenters. The van der Waals surface area contributed by atoms with Crippen LogP contribution >= 0.6 is 0 Å². The number of aromatic nitrogens is 1. The zero-order chi connectivity index (χ0) is 29.9. The molecular formula is C35H26N2O5S. The van der Waals surface area contributed by atoms with Crippen molar-refractivity contribution < 1.29 is 22.3 Å². The van der Waals surface area contributed by atoms with E-state index in [1.165, 1.54) is 23.3 Å². The molecule has 0 saturated carbocycles. The summed E-state index contributed by atoms with van der Waals surface area (Å²) in [6.45, 7) is 3.89. The highest BCUT2D eigenvalue weighted by atomic mass is 32.2. The van der Waals surface area contributed by atoms with E-state index in [1.54, 1.807) is 30.3 Å². The van der Waals surface area contributed by atoms with Crippen molar-refractivity contribution in [3.8, 4) is 5.69 Å². The monoisotopic (exact) mass is 586 g/mol. The Morgan fingerprint density at radius 1 is 0.674 bits per heavy atom. The molecular weight excluding hydrogens is 560 g/mol. The van der Waals surface area contributed by atoms with E-state index >= 15 is 0 Å². The van der Waals surface area contributed by atoms with Crippen LogP contribution in [0, 0.1) is 13.8 Å². The maximum Gasteiger partial charge on any atom is 0.318 e. The fourth-order valence-electron chi connectivity index (χ4n) is 5.70. The number of para-hydroxylation sites is 1. The van der Waals surface area contributed by atoms with Crippen LogP contribution in [-0.4, -0.2) is 29.9 Å². The van der Waals surface area contributed by atoms with Gasteiger partial charge in [0.25, 0.3) is 11.8 Å². The van der Waals surface area contributed by atoms with E-state index in [2.05, 4.69) is 48.0 Å². The molecule has 1 aromatic heterocycles. The van der Waals surface area contributed by atoms with Gasteiger partial charge in [-0.05, 0) is 67.8 Å². The first-order chi connectivity index (χ1) is 20.7. The smallest absolute Gasteiger partial charge is 0.316 e. The molecule has 212 valence electrons. The summed E-state index contributed by atoms with van der Waals surface area (Å²) >= 11 is 0. The molecule has 0 atom stereocenters. The van der Waals surface area contributed by atoms with Gasteiger partial charge in [0.05, 0.1) is 27.2 Å². The minimum atomic E-state index is -4.43. The summed E-state index contributed by atoms with van der Waals surface area (Å²) in [4.78, 5) is 27.0. The third kappa shape index (κ3) is 4.52. The van der Waals surface area contributed by atoms with Crippen molar-refractivity contribution in [3.05, 3.63) is 143 Å². The number of carbonyl (C=O) groups is 2. The van der Waals surface area contributed by atoms with E-state index in [0.717, 1.165) is 34.1 Å². The highest BCUT2D eigenvalue weighted by molar-refractivity contribution is 7.86. The van der Waals surface area contributed by atoms with Gasteiger partial charge in [-0.1, -0.05) is 77.9 Å². The van der Waals surface area contributed by atoms with Crippen LogP contribution < -0.4 is 0 Å². The molecule has 0 saturated heterocycles. The topological polar surface area (TPSA) is 85.7 Å². The molecule has 0 fully saturated rings. The summed E-state index contributed by atoms with van der Waals surface area (Å²) in [5, 5.41) is 2.61. The second-order valence-electron chi connectivity index (χ2n) is 10.8. The van der Waals surface area contributed by atoms with Gasteiger partial charge >= 0.3 is 10.1 Å². The lowest BCUT2D eigenvalue weighted by Crippen LogP contribution is -2.41. The molecule has 8 heteroatoms. The van der Waals surface area contributed by atoms with Crippen LogP contribution in [0.25, 0.3) is 27.4 Å². The van der Waals surface area contributed by atoms with Crippen molar-refractivity contribution >= 4 is 43.6 Å². The van der Waals surface area contributed by atoms with Gasteiger partial charge in [-0.15, -0.1) is 9.35 Å². The van der Waals surface area contributed by atoms with E-state index in [0.29, 0.717) is 15.8 Å². The van der Waals surface area contributed by atoms with E-state index in [-0.39, 0.29) is 16.0 Å². The molecule has 0 spiro atoms. The van der Waals surface area contributed by atoms with Crippen molar-refractivity contribution in [3.63, 3.8) is 0 Å². The highest BCUT2D eigenvalue weighted by Crippen LogP contribution is 2.37. The number of hydrogen-bond acceptors (Lipinski definition) is 5. The number of rotatable bonds is 6. The summed E-state index contributed by atoms with van der Waals surface area (Å²) < 4.78 is 33.2. The zero-order valence-corrected chi connectivity index (χ0v) is 24.3. The Morgan fingerprint density at radius 3 is 2.02 bits per heavy atom. The molecule has 1 aliphatic rings. The standard InChI is InChI=1S/C35H26N2O5S/c1-22-10-14-24(15-11-22)20-25-21-36(31-9-4-3-6-27(25)31)32-19-18-30-33-28(32)7-5-8-29(33)34(38)37(35(30)39)42-43(40,41)26-16-12-23(2)13-17-26/h3-19,21H,20H2,1-2H3. The molecule has 1 aliphatic heterocycles. The number of fused-ring (bicyclic) bond motifs is 1. The maximum absolute atomic E-state index is 13.6. The van der Waals surface area contributed by atoms with Crippen molar-refractivity contribution in [1.29, 1.82) is 0 Å². The molecule has 2 amide bonds. The third-order valence-corrected chi connectivity index (χ3v) is 9.09. The summed E-state index contributed by atoms with van der Waals surface area (Å²) in [6, 6.07) is 31.2. The number of imide groups is 1. The normalized spacial score (nSPS) is 13.3. The molecule has 0 aliphatic carbocycles. The van der Waals surface area contributed by atoms with Gasteiger partial charge in [-0.3, -0.25) is 9.59 Å². The summed E-state index contributed by atoms with van der Waals surface area (Å²) in [7, 11) is -4.43. The first-order valence-electron chi connectivity index (χ1n) is 13.8. The molecule has 0 N–H and O–H groups in total. The SMILES string of the molecule is Cc1ccc(Cc2cn(-c3ccc4c5c(cccc35)C(=O)N(OS(=O)(=O)c3ccc(C)cc3)C4=O)c3ccccc23)cc1. The molecule has 7 rings (SSSR count). The molecule has 2 heterocycles. The lowest BCUT2D eigenvalue weighted by molar-refractivity contribution is -0.0155. The molecule has 0 bridgehead atoms. The minimum Gasteiger partial charge on any atom is -0.316 e. The van der Waals surface area contributed by atoms with Gasteiger partial charge in [0.2, 0.25) is 0 Å². The minimum absolute atomic E-state index is 0.154. The van der Waals surface area contributed by atoms with Crippen molar-refractivity contribution in [2.24, 2.45) is 0 Å². The average Bonchev–Trinajstić information content (AvgIpc) is 3.37. The Bertz CT molecular complexity index is 2180. The van der Waals surface area contributed by atoms with E-state index in [1.807, 2.05) is 37.3 Å². The van der Waals surface area contributed by atoms with Gasteiger partial charge < -0.3 is 4.57 Å².